The van der Waals surface area contributed by atoms with Gasteiger partial charge in [-0.25, -0.2) is 14.4 Å². The van der Waals surface area contributed by atoms with Gasteiger partial charge in [-0.15, -0.1) is 10.2 Å². The minimum atomic E-state index is -4.32. The van der Waals surface area contributed by atoms with E-state index in [9.17, 15) is 17.6 Å². The third kappa shape index (κ3) is 4.04. The van der Waals surface area contributed by atoms with Crippen molar-refractivity contribution in [3.63, 3.8) is 0 Å². The first-order valence-corrected chi connectivity index (χ1v) is 11.7. The average Bonchev–Trinajstić information content (AvgIpc) is 3.03. The van der Waals surface area contributed by atoms with Crippen LogP contribution in [0.1, 0.15) is 41.7 Å². The third-order valence-electron chi connectivity index (χ3n) is 7.17. The van der Waals surface area contributed by atoms with E-state index in [0.29, 0.717) is 28.1 Å². The molecule has 3 aliphatic rings. The van der Waals surface area contributed by atoms with E-state index in [1.54, 1.807) is 19.1 Å². The van der Waals surface area contributed by atoms with Crippen LogP contribution in [0.3, 0.4) is 0 Å². The van der Waals surface area contributed by atoms with Crippen LogP contribution in [0.25, 0.3) is 5.69 Å². The fourth-order valence-electron chi connectivity index (χ4n) is 5.64. The molecule has 35 heavy (non-hydrogen) atoms. The quantitative estimate of drug-likeness (QED) is 0.489. The number of rotatable bonds is 3. The van der Waals surface area contributed by atoms with E-state index in [4.69, 9.17) is 11.6 Å². The first-order chi connectivity index (χ1) is 16.6. The smallest absolute Gasteiger partial charge is 0.340 e. The Balaban J connectivity index is 1.23. The summed E-state index contributed by atoms with van der Waals surface area (Å²) >= 11 is 6.18. The molecule has 0 amide bonds. The van der Waals surface area contributed by atoms with Gasteiger partial charge in [0.05, 0.1) is 30.7 Å². The highest BCUT2D eigenvalue weighted by Gasteiger charge is 2.55. The summed E-state index contributed by atoms with van der Waals surface area (Å²) in [6.07, 6.45) is -1.35. The van der Waals surface area contributed by atoms with Crippen molar-refractivity contribution in [2.24, 2.45) is 5.41 Å². The lowest BCUT2D eigenvalue weighted by Gasteiger charge is -2.58. The Bertz CT molecular complexity index is 1290. The van der Waals surface area contributed by atoms with Crippen molar-refractivity contribution in [1.82, 2.24) is 29.6 Å². The zero-order valence-electron chi connectivity index (χ0n) is 18.9. The number of halogens is 5. The van der Waals surface area contributed by atoms with Gasteiger partial charge in [-0.3, -0.25) is 9.47 Å². The number of aryl methyl sites for hydroxylation is 1. The average molecular weight is 508 g/mol. The van der Waals surface area contributed by atoms with Crippen LogP contribution >= 0.6 is 11.6 Å². The SMILES string of the molecule is Cc1nc(N2CC3(CC(c4nnc5n4-c4ccc(Cl)cc4CN(CC(F)(F)F)C5)C3)C2)ncc1F. The van der Waals surface area contributed by atoms with Crippen LogP contribution in [0.2, 0.25) is 5.02 Å². The molecule has 1 spiro atoms. The van der Waals surface area contributed by atoms with Crippen LogP contribution < -0.4 is 4.90 Å². The minimum Gasteiger partial charge on any atom is -0.340 e. The second-order valence-corrected chi connectivity index (χ2v) is 10.3. The summed E-state index contributed by atoms with van der Waals surface area (Å²) in [6, 6.07) is 5.29. The van der Waals surface area contributed by atoms with Crippen molar-refractivity contribution in [1.29, 1.82) is 0 Å². The second-order valence-electron chi connectivity index (χ2n) is 9.91. The van der Waals surface area contributed by atoms with Gasteiger partial charge in [-0.05, 0) is 43.5 Å². The molecule has 0 N–H and O–H groups in total. The van der Waals surface area contributed by atoms with Gasteiger partial charge < -0.3 is 4.90 Å². The summed E-state index contributed by atoms with van der Waals surface area (Å²) in [5, 5.41) is 9.20. The first kappa shape index (κ1) is 22.7. The molecule has 2 fully saturated rings. The number of alkyl halides is 3. The molecule has 184 valence electrons. The summed E-state index contributed by atoms with van der Waals surface area (Å²) in [5.74, 6) is 1.53. The number of benzene rings is 1. The van der Waals surface area contributed by atoms with Crippen LogP contribution in [0.4, 0.5) is 23.5 Å². The van der Waals surface area contributed by atoms with Crippen LogP contribution in [0.15, 0.2) is 24.4 Å². The molecule has 12 heteroatoms. The number of hydrogen-bond donors (Lipinski definition) is 0. The molecule has 1 aliphatic carbocycles. The Morgan fingerprint density at radius 3 is 2.63 bits per heavy atom. The molecule has 6 rings (SSSR count). The van der Waals surface area contributed by atoms with Crippen LogP contribution in [-0.2, 0) is 13.1 Å². The van der Waals surface area contributed by atoms with Crippen molar-refractivity contribution >= 4 is 17.5 Å². The molecule has 0 atom stereocenters. The number of aromatic nitrogens is 5. The summed E-state index contributed by atoms with van der Waals surface area (Å²) in [5.41, 5.74) is 1.93. The molecule has 7 nitrogen and oxygen atoms in total. The standard InChI is InChI=1S/C23H22ClF4N7/c1-13-17(25)7-29-21(30-13)34-10-22(11-34)5-15(6-22)20-32-31-19-9-33(12-23(26,27)28)8-14-4-16(24)2-3-18(14)35(19)20/h2-4,7,15H,5-6,8-12H2,1H3. The maximum absolute atomic E-state index is 13.5. The van der Waals surface area contributed by atoms with Crippen molar-refractivity contribution in [3.8, 4) is 5.69 Å². The molecule has 0 radical (unpaired) electrons. The Morgan fingerprint density at radius 2 is 1.91 bits per heavy atom. The largest absolute Gasteiger partial charge is 0.401 e. The molecule has 3 aromatic rings. The predicted molar refractivity (Wildman–Crippen MR) is 120 cm³/mol. The third-order valence-corrected chi connectivity index (χ3v) is 7.40. The lowest BCUT2D eigenvalue weighted by Crippen LogP contribution is -2.62. The number of hydrogen-bond acceptors (Lipinski definition) is 6. The predicted octanol–water partition coefficient (Wildman–Crippen LogP) is 4.42. The first-order valence-electron chi connectivity index (χ1n) is 11.4. The van der Waals surface area contributed by atoms with Crippen molar-refractivity contribution in [2.75, 3.05) is 24.5 Å². The Labute approximate surface area is 203 Å². The highest BCUT2D eigenvalue weighted by molar-refractivity contribution is 6.30. The summed E-state index contributed by atoms with van der Waals surface area (Å²) in [6.45, 7) is 2.31. The normalized spacial score (nSPS) is 19.7. The maximum atomic E-state index is 13.5. The van der Waals surface area contributed by atoms with Gasteiger partial charge in [-0.1, -0.05) is 11.6 Å². The zero-order valence-corrected chi connectivity index (χ0v) is 19.6. The number of nitrogens with zero attached hydrogens (tertiary/aromatic N) is 7. The lowest BCUT2D eigenvalue weighted by atomic mass is 9.57. The van der Waals surface area contributed by atoms with E-state index in [1.807, 2.05) is 15.5 Å². The maximum Gasteiger partial charge on any atom is 0.401 e. The van der Waals surface area contributed by atoms with Gasteiger partial charge in [0.25, 0.3) is 0 Å². The van der Waals surface area contributed by atoms with E-state index in [2.05, 4.69) is 20.2 Å². The van der Waals surface area contributed by atoms with Crippen molar-refractivity contribution in [3.05, 3.63) is 58.1 Å². The van der Waals surface area contributed by atoms with Gasteiger partial charge in [0.2, 0.25) is 5.95 Å². The molecule has 2 aromatic heterocycles. The molecule has 4 heterocycles. The molecule has 2 aliphatic heterocycles. The Kier molecular flexibility index (Phi) is 5.09. The molecule has 0 bridgehead atoms. The molecule has 1 saturated heterocycles. The molecular formula is C23H22ClF4N7. The topological polar surface area (TPSA) is 63.0 Å². The summed E-state index contributed by atoms with van der Waals surface area (Å²) in [7, 11) is 0. The second kappa shape index (κ2) is 7.86. The van der Waals surface area contributed by atoms with Gasteiger partial charge in [0.1, 0.15) is 5.82 Å². The van der Waals surface area contributed by atoms with Gasteiger partial charge in [0, 0.05) is 36.0 Å². The number of anilines is 1. The molecule has 0 unspecified atom stereocenters. The van der Waals surface area contributed by atoms with E-state index in [0.717, 1.165) is 37.4 Å². The van der Waals surface area contributed by atoms with Crippen molar-refractivity contribution in [2.45, 2.75) is 44.9 Å². The fourth-order valence-corrected chi connectivity index (χ4v) is 5.84. The molecule has 1 aromatic carbocycles. The lowest BCUT2D eigenvalue weighted by molar-refractivity contribution is -0.148. The highest BCUT2D eigenvalue weighted by Crippen LogP contribution is 2.56. The van der Waals surface area contributed by atoms with E-state index in [1.165, 1.54) is 11.1 Å². The molecule has 1 saturated carbocycles. The summed E-state index contributed by atoms with van der Waals surface area (Å²) in [4.78, 5) is 11.7. The van der Waals surface area contributed by atoms with Crippen LogP contribution in [-0.4, -0.2) is 55.4 Å². The molecular weight excluding hydrogens is 486 g/mol. The zero-order chi connectivity index (χ0) is 24.5. The summed E-state index contributed by atoms with van der Waals surface area (Å²) < 4.78 is 55.0. The minimum absolute atomic E-state index is 0.0473. The van der Waals surface area contributed by atoms with Crippen LogP contribution in [0, 0.1) is 18.2 Å². The van der Waals surface area contributed by atoms with E-state index in [-0.39, 0.29) is 24.4 Å². The Hall–Kier alpha value is -2.79. The van der Waals surface area contributed by atoms with Crippen LogP contribution in [0.5, 0.6) is 0 Å². The van der Waals surface area contributed by atoms with Gasteiger partial charge >= 0.3 is 6.18 Å². The van der Waals surface area contributed by atoms with E-state index >= 15 is 0 Å². The van der Waals surface area contributed by atoms with Gasteiger partial charge in [0.15, 0.2) is 11.6 Å². The monoisotopic (exact) mass is 507 g/mol. The fraction of sp³-hybridized carbons (Fsp3) is 0.478. The van der Waals surface area contributed by atoms with Crippen molar-refractivity contribution < 1.29 is 17.6 Å². The Morgan fingerprint density at radius 1 is 1.14 bits per heavy atom. The highest BCUT2D eigenvalue weighted by atomic mass is 35.5. The number of fused-ring (bicyclic) bond motifs is 3. The van der Waals surface area contributed by atoms with E-state index < -0.39 is 18.5 Å². The van der Waals surface area contributed by atoms with Gasteiger partial charge in [-0.2, -0.15) is 13.2 Å².